The topological polar surface area (TPSA) is 137 Å². The molecule has 0 radical (unpaired) electrons. The highest BCUT2D eigenvalue weighted by Crippen LogP contribution is 2.34. The molecule has 10 nitrogen and oxygen atoms in total. The van der Waals surface area contributed by atoms with Crippen LogP contribution in [0.4, 0.5) is 11.4 Å². The highest BCUT2D eigenvalue weighted by Gasteiger charge is 2.21. The molecular weight excluding hydrogens is 472 g/mol. The van der Waals surface area contributed by atoms with Crippen LogP contribution in [-0.4, -0.2) is 22.0 Å². The third-order valence-electron chi connectivity index (χ3n) is 3.96. The molecule has 1 N–H and O–H groups in total. The van der Waals surface area contributed by atoms with Crippen molar-refractivity contribution in [3.63, 3.8) is 0 Å². The molecule has 0 aliphatic carbocycles. The molecule has 11 heteroatoms. The summed E-state index contributed by atoms with van der Waals surface area (Å²) in [5.41, 5.74) is 2.57. The van der Waals surface area contributed by atoms with Crippen LogP contribution in [0.5, 0.6) is 11.5 Å². The standard InChI is InChI=1S/C20H13BrN4O6/c21-17-4-2-1-3-16(17)20(26)23-22-12-13-5-8-15(9-6-13)31-19-10-7-14(24(27)28)11-18(19)25(29)30/h1-12H,(H,23,26). The third kappa shape index (κ3) is 5.48. The van der Waals surface area contributed by atoms with Crippen LogP contribution in [0.15, 0.2) is 76.3 Å². The maximum Gasteiger partial charge on any atom is 0.318 e. The molecule has 3 aromatic carbocycles. The first kappa shape index (κ1) is 21.6. The van der Waals surface area contributed by atoms with Crippen molar-refractivity contribution in [2.75, 3.05) is 0 Å². The highest BCUT2D eigenvalue weighted by atomic mass is 79.9. The Balaban J connectivity index is 1.67. The zero-order valence-electron chi connectivity index (χ0n) is 15.6. The molecule has 1 amide bonds. The number of halogens is 1. The zero-order valence-corrected chi connectivity index (χ0v) is 17.2. The second-order valence-electron chi connectivity index (χ2n) is 6.02. The van der Waals surface area contributed by atoms with E-state index in [4.69, 9.17) is 4.74 Å². The molecule has 31 heavy (non-hydrogen) atoms. The molecule has 0 aliphatic heterocycles. The number of nitro groups is 2. The molecule has 0 saturated heterocycles. The van der Waals surface area contributed by atoms with E-state index in [1.807, 2.05) is 0 Å². The van der Waals surface area contributed by atoms with E-state index in [1.165, 1.54) is 12.3 Å². The van der Waals surface area contributed by atoms with Gasteiger partial charge in [-0.15, -0.1) is 0 Å². The fraction of sp³-hybridized carbons (Fsp3) is 0. The fourth-order valence-electron chi connectivity index (χ4n) is 2.47. The number of nitrogens with zero attached hydrogens (tertiary/aromatic N) is 3. The second kappa shape index (κ2) is 9.59. The molecule has 3 rings (SSSR count). The van der Waals surface area contributed by atoms with Gasteiger partial charge in [-0.1, -0.05) is 12.1 Å². The van der Waals surface area contributed by atoms with Crippen LogP contribution in [0.2, 0.25) is 0 Å². The van der Waals surface area contributed by atoms with Crippen LogP contribution in [0.25, 0.3) is 0 Å². The summed E-state index contributed by atoms with van der Waals surface area (Å²) >= 11 is 3.29. The average Bonchev–Trinajstić information content (AvgIpc) is 2.75. The Hall–Kier alpha value is -4.12. The van der Waals surface area contributed by atoms with E-state index in [0.717, 1.165) is 12.1 Å². The average molecular weight is 485 g/mol. The first-order valence-electron chi connectivity index (χ1n) is 8.64. The summed E-state index contributed by atoms with van der Waals surface area (Å²) in [5, 5.41) is 25.9. The van der Waals surface area contributed by atoms with Gasteiger partial charge in [0.2, 0.25) is 5.75 Å². The molecule has 0 fully saturated rings. The number of hydrogen-bond donors (Lipinski definition) is 1. The van der Waals surface area contributed by atoms with Crippen molar-refractivity contribution in [2.24, 2.45) is 5.10 Å². The van der Waals surface area contributed by atoms with E-state index in [9.17, 15) is 25.0 Å². The van der Waals surface area contributed by atoms with Crippen molar-refractivity contribution in [3.8, 4) is 11.5 Å². The number of non-ortho nitro benzene ring substituents is 1. The van der Waals surface area contributed by atoms with Gasteiger partial charge >= 0.3 is 5.69 Å². The van der Waals surface area contributed by atoms with Crippen molar-refractivity contribution >= 4 is 39.4 Å². The molecule has 3 aromatic rings. The van der Waals surface area contributed by atoms with Gasteiger partial charge in [-0.05, 0) is 64.0 Å². The molecule has 156 valence electrons. The van der Waals surface area contributed by atoms with Gasteiger partial charge in [-0.25, -0.2) is 5.43 Å². The summed E-state index contributed by atoms with van der Waals surface area (Å²) in [5.74, 6) is -0.224. The van der Waals surface area contributed by atoms with E-state index in [-0.39, 0.29) is 17.4 Å². The number of hydrogen-bond acceptors (Lipinski definition) is 7. The predicted molar refractivity (Wildman–Crippen MR) is 115 cm³/mol. The van der Waals surface area contributed by atoms with E-state index < -0.39 is 21.2 Å². The predicted octanol–water partition coefficient (Wildman–Crippen LogP) is 4.82. The van der Waals surface area contributed by atoms with E-state index in [2.05, 4.69) is 26.5 Å². The van der Waals surface area contributed by atoms with Crippen molar-refractivity contribution in [1.29, 1.82) is 0 Å². The minimum atomic E-state index is -0.753. The number of nitro benzene ring substituents is 2. The SMILES string of the molecule is O=C(NN=Cc1ccc(Oc2ccc([N+](=O)[O-])cc2[N+](=O)[O-])cc1)c1ccccc1Br. The Morgan fingerprint density at radius 2 is 1.71 bits per heavy atom. The van der Waals surface area contributed by atoms with Crippen molar-refractivity contribution in [2.45, 2.75) is 0 Å². The number of carbonyl (C=O) groups excluding carboxylic acids is 1. The van der Waals surface area contributed by atoms with E-state index in [0.29, 0.717) is 15.6 Å². The summed E-state index contributed by atoms with van der Waals surface area (Å²) in [6, 6.07) is 16.4. The van der Waals surface area contributed by atoms with Gasteiger partial charge in [-0.2, -0.15) is 5.10 Å². The molecule has 0 saturated carbocycles. The first-order valence-corrected chi connectivity index (χ1v) is 9.43. The number of nitrogens with one attached hydrogen (secondary N) is 1. The van der Waals surface area contributed by atoms with Crippen molar-refractivity contribution in [1.82, 2.24) is 5.43 Å². The van der Waals surface area contributed by atoms with Gasteiger partial charge in [0.05, 0.1) is 27.7 Å². The van der Waals surface area contributed by atoms with Gasteiger partial charge in [0.15, 0.2) is 0 Å². The van der Waals surface area contributed by atoms with Crippen LogP contribution in [0, 0.1) is 20.2 Å². The minimum Gasteiger partial charge on any atom is -0.450 e. The molecule has 0 aliphatic rings. The maximum atomic E-state index is 12.1. The summed E-state index contributed by atoms with van der Waals surface area (Å²) < 4.78 is 6.13. The molecule has 0 aromatic heterocycles. The highest BCUT2D eigenvalue weighted by molar-refractivity contribution is 9.10. The Morgan fingerprint density at radius 3 is 2.35 bits per heavy atom. The number of benzene rings is 3. The fourth-order valence-corrected chi connectivity index (χ4v) is 2.93. The van der Waals surface area contributed by atoms with Crippen LogP contribution in [0.3, 0.4) is 0 Å². The molecule has 0 heterocycles. The summed E-state index contributed by atoms with van der Waals surface area (Å²) in [6.45, 7) is 0. The Bertz CT molecular complexity index is 1180. The molecule has 0 spiro atoms. The second-order valence-corrected chi connectivity index (χ2v) is 6.87. The lowest BCUT2D eigenvalue weighted by atomic mass is 10.2. The Labute approximate surface area is 183 Å². The largest absolute Gasteiger partial charge is 0.450 e. The van der Waals surface area contributed by atoms with Gasteiger partial charge in [0.1, 0.15) is 5.75 Å². The molecule has 0 bridgehead atoms. The first-order chi connectivity index (χ1) is 14.8. The zero-order chi connectivity index (χ0) is 22.4. The van der Waals surface area contributed by atoms with E-state index >= 15 is 0 Å². The van der Waals surface area contributed by atoms with E-state index in [1.54, 1.807) is 48.5 Å². The Morgan fingerprint density at radius 1 is 1.00 bits per heavy atom. The van der Waals surface area contributed by atoms with Crippen LogP contribution in [0.1, 0.15) is 15.9 Å². The normalized spacial score (nSPS) is 10.6. The number of amides is 1. The maximum absolute atomic E-state index is 12.1. The number of ether oxygens (including phenoxy) is 1. The van der Waals surface area contributed by atoms with Crippen LogP contribution in [-0.2, 0) is 0 Å². The van der Waals surface area contributed by atoms with Crippen molar-refractivity contribution in [3.05, 3.63) is 103 Å². The lowest BCUT2D eigenvalue weighted by molar-refractivity contribution is -0.394. The lowest BCUT2D eigenvalue weighted by Crippen LogP contribution is -2.18. The summed E-state index contributed by atoms with van der Waals surface area (Å²) in [4.78, 5) is 32.6. The molecule has 0 atom stereocenters. The van der Waals surface area contributed by atoms with Gasteiger partial charge in [-0.3, -0.25) is 25.0 Å². The molecule has 0 unspecified atom stereocenters. The minimum absolute atomic E-state index is 0.127. The van der Waals surface area contributed by atoms with Gasteiger partial charge in [0, 0.05) is 10.5 Å². The van der Waals surface area contributed by atoms with Crippen LogP contribution < -0.4 is 10.2 Å². The third-order valence-corrected chi connectivity index (χ3v) is 4.65. The summed E-state index contributed by atoms with van der Waals surface area (Å²) in [7, 11) is 0. The number of rotatable bonds is 7. The summed E-state index contributed by atoms with van der Waals surface area (Å²) in [6.07, 6.45) is 1.42. The smallest absolute Gasteiger partial charge is 0.318 e. The Kier molecular flexibility index (Phi) is 6.67. The lowest BCUT2D eigenvalue weighted by Gasteiger charge is -2.06. The molecular formula is C20H13BrN4O6. The van der Waals surface area contributed by atoms with Crippen LogP contribution >= 0.6 is 15.9 Å². The van der Waals surface area contributed by atoms with Gasteiger partial charge in [0.25, 0.3) is 11.6 Å². The number of carbonyl (C=O) groups is 1. The van der Waals surface area contributed by atoms with Gasteiger partial charge < -0.3 is 4.74 Å². The monoisotopic (exact) mass is 484 g/mol. The quantitative estimate of drug-likeness (QED) is 0.289. The number of hydrazone groups is 1. The van der Waals surface area contributed by atoms with Crippen molar-refractivity contribution < 1.29 is 19.4 Å².